The molecule has 0 unspecified atom stereocenters. The van der Waals surface area contributed by atoms with Gasteiger partial charge in [0.2, 0.25) is 0 Å². The van der Waals surface area contributed by atoms with Gasteiger partial charge in [-0.2, -0.15) is 0 Å². The molecule has 0 spiro atoms. The number of hydrogen-bond acceptors (Lipinski definition) is 6. The molecule has 0 bridgehead atoms. The Morgan fingerprint density at radius 3 is 2.27 bits per heavy atom. The van der Waals surface area contributed by atoms with E-state index in [1.54, 1.807) is 6.92 Å². The highest BCUT2D eigenvalue weighted by Crippen LogP contribution is 2.30. The lowest BCUT2D eigenvalue weighted by molar-refractivity contribution is -0.135. The first-order valence-corrected chi connectivity index (χ1v) is 11.5. The predicted octanol–water partition coefficient (Wildman–Crippen LogP) is 3.82. The van der Waals surface area contributed by atoms with Crippen LogP contribution in [-0.4, -0.2) is 44.6 Å². The third kappa shape index (κ3) is 6.66. The van der Waals surface area contributed by atoms with Crippen molar-refractivity contribution in [3.05, 3.63) is 47.0 Å². The van der Waals surface area contributed by atoms with E-state index in [1.807, 2.05) is 0 Å². The van der Waals surface area contributed by atoms with Crippen LogP contribution in [0.2, 0.25) is 0 Å². The van der Waals surface area contributed by atoms with Gasteiger partial charge in [-0.1, -0.05) is 32.9 Å². The molecule has 3 rings (SSSR count). The van der Waals surface area contributed by atoms with Gasteiger partial charge in [0.05, 0.1) is 5.69 Å². The largest absolute Gasteiger partial charge is 0.504 e. The van der Waals surface area contributed by atoms with Gasteiger partial charge in [-0.05, 0) is 61.6 Å². The van der Waals surface area contributed by atoms with Crippen molar-refractivity contribution in [2.45, 2.75) is 71.3 Å². The van der Waals surface area contributed by atoms with E-state index < -0.39 is 18.4 Å². The fraction of sp³-hybridized carbons (Fsp3) is 0.520. The molecule has 0 saturated heterocycles. The van der Waals surface area contributed by atoms with Gasteiger partial charge < -0.3 is 20.8 Å². The Labute approximate surface area is 194 Å². The second-order valence-corrected chi connectivity index (χ2v) is 9.89. The highest BCUT2D eigenvalue weighted by atomic mass is 16.4. The Bertz CT molecular complexity index is 991. The van der Waals surface area contributed by atoms with Crippen LogP contribution < -0.4 is 10.6 Å². The zero-order chi connectivity index (χ0) is 24.2. The van der Waals surface area contributed by atoms with Crippen LogP contribution in [0.5, 0.6) is 5.75 Å². The summed E-state index contributed by atoms with van der Waals surface area (Å²) in [7, 11) is 0. The number of rotatable bonds is 7. The maximum atomic E-state index is 12.2. The van der Waals surface area contributed by atoms with Crippen molar-refractivity contribution in [2.75, 3.05) is 11.9 Å². The molecule has 1 aromatic carbocycles. The first-order valence-electron chi connectivity index (χ1n) is 11.5. The zero-order valence-corrected chi connectivity index (χ0v) is 19.8. The summed E-state index contributed by atoms with van der Waals surface area (Å²) in [5, 5.41) is 24.8. The Balaban J connectivity index is 1.56. The van der Waals surface area contributed by atoms with E-state index in [1.165, 1.54) is 5.56 Å². The van der Waals surface area contributed by atoms with Crippen molar-refractivity contribution in [3.8, 4) is 5.75 Å². The number of aromatic nitrogens is 2. The SMILES string of the molecule is Cc1nc(CC2CCC(Nc3ccc(C(C)(C)C)cc3)CC2)nc(C(=O)NCC(=O)O)c1O. The van der Waals surface area contributed by atoms with Gasteiger partial charge in [-0.25, -0.2) is 9.97 Å². The van der Waals surface area contributed by atoms with Gasteiger partial charge in [0, 0.05) is 18.2 Å². The lowest BCUT2D eigenvalue weighted by Gasteiger charge is -2.30. The minimum Gasteiger partial charge on any atom is -0.504 e. The number of nitrogens with zero attached hydrogens (tertiary/aromatic N) is 2. The Morgan fingerprint density at radius 1 is 1.06 bits per heavy atom. The molecule has 4 N–H and O–H groups in total. The third-order valence-corrected chi connectivity index (χ3v) is 6.16. The number of aromatic hydroxyl groups is 1. The van der Waals surface area contributed by atoms with Crippen LogP contribution in [0.1, 0.15) is 74.0 Å². The van der Waals surface area contributed by atoms with Crippen molar-refractivity contribution in [2.24, 2.45) is 5.92 Å². The van der Waals surface area contributed by atoms with Crippen LogP contribution in [0.15, 0.2) is 24.3 Å². The average Bonchev–Trinajstić information content (AvgIpc) is 2.75. The quantitative estimate of drug-likeness (QED) is 0.501. The highest BCUT2D eigenvalue weighted by Gasteiger charge is 2.24. The molecule has 0 aliphatic heterocycles. The van der Waals surface area contributed by atoms with Gasteiger partial charge in [-0.15, -0.1) is 0 Å². The minimum atomic E-state index is -1.16. The summed E-state index contributed by atoms with van der Waals surface area (Å²) < 4.78 is 0. The van der Waals surface area contributed by atoms with Crippen LogP contribution in [0.3, 0.4) is 0 Å². The second kappa shape index (κ2) is 10.2. The zero-order valence-electron chi connectivity index (χ0n) is 19.8. The Morgan fingerprint density at radius 2 is 1.70 bits per heavy atom. The number of carbonyl (C=O) groups is 2. The lowest BCUT2D eigenvalue weighted by atomic mass is 9.83. The molecule has 2 aromatic rings. The number of hydrogen-bond donors (Lipinski definition) is 4. The van der Waals surface area contributed by atoms with E-state index in [0.717, 1.165) is 31.4 Å². The van der Waals surface area contributed by atoms with E-state index in [-0.39, 0.29) is 16.9 Å². The molecule has 1 fully saturated rings. The Hall–Kier alpha value is -3.16. The van der Waals surface area contributed by atoms with Crippen molar-refractivity contribution in [1.29, 1.82) is 0 Å². The normalized spacial score (nSPS) is 18.5. The first kappa shape index (κ1) is 24.5. The fourth-order valence-corrected chi connectivity index (χ4v) is 4.19. The van der Waals surface area contributed by atoms with Crippen LogP contribution in [0, 0.1) is 12.8 Å². The van der Waals surface area contributed by atoms with Gasteiger partial charge in [0.15, 0.2) is 11.4 Å². The van der Waals surface area contributed by atoms with E-state index >= 15 is 0 Å². The number of nitrogens with one attached hydrogen (secondary N) is 2. The number of aryl methyl sites for hydroxylation is 1. The third-order valence-electron chi connectivity index (χ3n) is 6.16. The number of aliphatic carboxylic acids is 1. The summed E-state index contributed by atoms with van der Waals surface area (Å²) in [6, 6.07) is 9.08. The molecule has 178 valence electrons. The fourth-order valence-electron chi connectivity index (χ4n) is 4.19. The van der Waals surface area contributed by atoms with Crippen molar-refractivity contribution in [1.82, 2.24) is 15.3 Å². The van der Waals surface area contributed by atoms with Gasteiger partial charge in [0.1, 0.15) is 12.4 Å². The summed E-state index contributed by atoms with van der Waals surface area (Å²) in [6.45, 7) is 7.71. The lowest BCUT2D eigenvalue weighted by Crippen LogP contribution is -2.31. The number of amides is 1. The molecule has 0 radical (unpaired) electrons. The molecule has 33 heavy (non-hydrogen) atoms. The standard InChI is InChI=1S/C25H34N4O4/c1-15-23(32)22(24(33)26-14-21(30)31)29-20(27-15)13-16-5-9-18(10-6-16)28-19-11-7-17(8-12-19)25(2,3)4/h7-8,11-12,16,18,28,32H,5-6,9-10,13-14H2,1-4H3,(H,26,33)(H,30,31). The summed E-state index contributed by atoms with van der Waals surface area (Å²) >= 11 is 0. The predicted molar refractivity (Wildman–Crippen MR) is 127 cm³/mol. The van der Waals surface area contributed by atoms with Crippen LogP contribution in [-0.2, 0) is 16.6 Å². The molecule has 8 heteroatoms. The highest BCUT2D eigenvalue weighted by molar-refractivity contribution is 5.96. The summed E-state index contributed by atoms with van der Waals surface area (Å²) in [5.41, 5.74) is 2.74. The molecule has 1 heterocycles. The van der Waals surface area contributed by atoms with E-state index in [4.69, 9.17) is 5.11 Å². The van der Waals surface area contributed by atoms with E-state index in [9.17, 15) is 14.7 Å². The van der Waals surface area contributed by atoms with Crippen molar-refractivity contribution in [3.63, 3.8) is 0 Å². The smallest absolute Gasteiger partial charge is 0.322 e. The summed E-state index contributed by atoms with van der Waals surface area (Å²) in [4.78, 5) is 31.5. The average molecular weight is 455 g/mol. The van der Waals surface area contributed by atoms with Crippen LogP contribution in [0.25, 0.3) is 0 Å². The molecular weight excluding hydrogens is 420 g/mol. The molecule has 8 nitrogen and oxygen atoms in total. The number of anilines is 1. The number of carboxylic acid groups (broad SMARTS) is 1. The molecule has 0 atom stereocenters. The maximum Gasteiger partial charge on any atom is 0.322 e. The topological polar surface area (TPSA) is 124 Å². The molecule has 1 aliphatic rings. The first-order chi connectivity index (χ1) is 15.5. The monoisotopic (exact) mass is 454 g/mol. The van der Waals surface area contributed by atoms with Gasteiger partial charge in [0.25, 0.3) is 5.91 Å². The second-order valence-electron chi connectivity index (χ2n) is 9.89. The van der Waals surface area contributed by atoms with E-state index in [2.05, 4.69) is 65.6 Å². The van der Waals surface area contributed by atoms with Crippen LogP contribution >= 0.6 is 0 Å². The molecule has 1 aromatic heterocycles. The van der Waals surface area contributed by atoms with Crippen LogP contribution in [0.4, 0.5) is 5.69 Å². The molecular formula is C25H34N4O4. The molecule has 1 aliphatic carbocycles. The van der Waals surface area contributed by atoms with Crippen molar-refractivity contribution >= 4 is 17.6 Å². The van der Waals surface area contributed by atoms with E-state index in [0.29, 0.717) is 29.9 Å². The Kier molecular flexibility index (Phi) is 7.56. The number of carbonyl (C=O) groups excluding carboxylic acids is 1. The number of benzene rings is 1. The molecule has 1 amide bonds. The molecule has 1 saturated carbocycles. The maximum absolute atomic E-state index is 12.2. The van der Waals surface area contributed by atoms with Gasteiger partial charge in [-0.3, -0.25) is 9.59 Å². The van der Waals surface area contributed by atoms with Gasteiger partial charge >= 0.3 is 5.97 Å². The number of carboxylic acids is 1. The summed E-state index contributed by atoms with van der Waals surface area (Å²) in [6.07, 6.45) is 4.72. The van der Waals surface area contributed by atoms with Crippen molar-refractivity contribution < 1.29 is 19.8 Å². The summed E-state index contributed by atoms with van der Waals surface area (Å²) in [5.74, 6) is -1.30. The minimum absolute atomic E-state index is 0.141.